The lowest BCUT2D eigenvalue weighted by atomic mass is 10.00. The van der Waals surface area contributed by atoms with Gasteiger partial charge >= 0.3 is 6.18 Å². The van der Waals surface area contributed by atoms with Crippen LogP contribution in [0.4, 0.5) is 18.9 Å². The zero-order valence-electron chi connectivity index (χ0n) is 11.4. The van der Waals surface area contributed by atoms with Crippen molar-refractivity contribution in [1.82, 2.24) is 0 Å². The lowest BCUT2D eigenvalue weighted by molar-refractivity contribution is -0.355. The first-order chi connectivity index (χ1) is 10.3. The topological polar surface area (TPSA) is 43.1 Å². The molecule has 1 heterocycles. The number of ketones is 1. The van der Waals surface area contributed by atoms with Crippen LogP contribution in [-0.4, -0.2) is 16.2 Å². The molecule has 0 saturated carbocycles. The molecule has 0 aromatic heterocycles. The minimum Gasteiger partial charge on any atom is -0.618 e. The molecule has 0 bridgehead atoms. The molecule has 0 N–H and O–H groups in total. The van der Waals surface area contributed by atoms with Crippen LogP contribution in [0.2, 0.25) is 0 Å². The van der Waals surface area contributed by atoms with Gasteiger partial charge in [0, 0.05) is 6.07 Å². The number of alkyl halides is 3. The third-order valence-electron chi connectivity index (χ3n) is 3.50. The van der Waals surface area contributed by atoms with Crippen molar-refractivity contribution in [3.8, 4) is 0 Å². The Morgan fingerprint density at radius 1 is 1.09 bits per heavy atom. The minimum absolute atomic E-state index is 0.0606. The number of halogens is 3. The van der Waals surface area contributed by atoms with Crippen molar-refractivity contribution in [1.29, 1.82) is 0 Å². The lowest BCUT2D eigenvalue weighted by Gasteiger charge is -2.06. The molecular weight excluding hydrogens is 295 g/mol. The summed E-state index contributed by atoms with van der Waals surface area (Å²) in [5.41, 5.74) is -0.143. The van der Waals surface area contributed by atoms with Crippen LogP contribution < -0.4 is 0 Å². The number of aryl methyl sites for hydroxylation is 1. The van der Waals surface area contributed by atoms with Crippen molar-refractivity contribution in [3.05, 3.63) is 69.9 Å². The quantitative estimate of drug-likeness (QED) is 0.593. The van der Waals surface area contributed by atoms with Gasteiger partial charge in [0.05, 0.1) is 11.1 Å². The van der Waals surface area contributed by atoms with E-state index in [1.165, 1.54) is 0 Å². The second kappa shape index (κ2) is 4.69. The maximum atomic E-state index is 12.7. The first-order valence-electron chi connectivity index (χ1n) is 6.46. The summed E-state index contributed by atoms with van der Waals surface area (Å²) in [5.74, 6) is -0.693. The maximum absolute atomic E-state index is 12.7. The molecule has 0 amide bonds. The average molecular weight is 305 g/mol. The van der Waals surface area contributed by atoms with Crippen molar-refractivity contribution in [3.63, 3.8) is 0 Å². The van der Waals surface area contributed by atoms with Gasteiger partial charge in [0.1, 0.15) is 5.56 Å². The Bertz CT molecular complexity index is 822. The molecule has 2 aromatic carbocycles. The molecule has 112 valence electrons. The van der Waals surface area contributed by atoms with Gasteiger partial charge in [0.2, 0.25) is 5.69 Å². The van der Waals surface area contributed by atoms with Crippen LogP contribution in [-0.2, 0) is 6.18 Å². The largest absolute Gasteiger partial charge is 0.618 e. The first kappa shape index (κ1) is 14.3. The van der Waals surface area contributed by atoms with Crippen molar-refractivity contribution < 1.29 is 22.7 Å². The number of hydrogen-bond donors (Lipinski definition) is 0. The van der Waals surface area contributed by atoms with E-state index in [4.69, 9.17) is 0 Å². The molecule has 0 saturated heterocycles. The highest BCUT2D eigenvalue weighted by molar-refractivity contribution is 6.52. The third-order valence-corrected chi connectivity index (χ3v) is 3.50. The molecule has 0 radical (unpaired) electrons. The second-order valence-corrected chi connectivity index (χ2v) is 5.07. The molecule has 3 rings (SSSR count). The summed E-state index contributed by atoms with van der Waals surface area (Å²) in [5, 5.41) is 12.3. The number of rotatable bonds is 1. The highest BCUT2D eigenvalue weighted by Gasteiger charge is 2.40. The van der Waals surface area contributed by atoms with Gasteiger partial charge in [-0.15, -0.1) is 0 Å². The van der Waals surface area contributed by atoms with Crippen LogP contribution in [0, 0.1) is 12.1 Å². The number of Topliss-reactive ketones (excluding diaryl/α,β-unsaturated/α-hetero) is 1. The minimum atomic E-state index is -4.56. The van der Waals surface area contributed by atoms with E-state index in [1.54, 1.807) is 31.2 Å². The van der Waals surface area contributed by atoms with E-state index >= 15 is 0 Å². The van der Waals surface area contributed by atoms with Crippen LogP contribution in [0.5, 0.6) is 0 Å². The Balaban J connectivity index is 2.14. The fourth-order valence-electron chi connectivity index (χ4n) is 2.45. The summed E-state index contributed by atoms with van der Waals surface area (Å²) in [6.07, 6.45) is -4.56. The van der Waals surface area contributed by atoms with Crippen LogP contribution in [0.1, 0.15) is 27.0 Å². The molecule has 2 aromatic rings. The highest BCUT2D eigenvalue weighted by atomic mass is 19.4. The molecule has 0 atom stereocenters. The molecule has 0 aliphatic carbocycles. The van der Waals surface area contributed by atoms with Gasteiger partial charge < -0.3 is 5.21 Å². The summed E-state index contributed by atoms with van der Waals surface area (Å²) in [7, 11) is 0. The van der Waals surface area contributed by atoms with Gasteiger partial charge in [-0.1, -0.05) is 17.7 Å². The molecule has 0 spiro atoms. The fraction of sp³-hybridized carbons (Fsp3) is 0.125. The highest BCUT2D eigenvalue weighted by Crippen LogP contribution is 2.35. The van der Waals surface area contributed by atoms with Crippen LogP contribution in [0.15, 0.2) is 42.5 Å². The van der Waals surface area contributed by atoms with Crippen molar-refractivity contribution in [2.75, 3.05) is 0 Å². The maximum Gasteiger partial charge on any atom is 0.416 e. The zero-order chi connectivity index (χ0) is 16.1. The second-order valence-electron chi connectivity index (χ2n) is 5.07. The Morgan fingerprint density at radius 2 is 1.82 bits per heavy atom. The number of carbonyl (C=O) groups excluding carboxylic acids is 1. The summed E-state index contributed by atoms with van der Waals surface area (Å²) >= 11 is 0. The number of benzene rings is 2. The Labute approximate surface area is 123 Å². The van der Waals surface area contributed by atoms with E-state index in [0.29, 0.717) is 10.3 Å². The number of carbonyl (C=O) groups is 1. The van der Waals surface area contributed by atoms with Crippen LogP contribution in [0.3, 0.4) is 0 Å². The van der Waals surface area contributed by atoms with E-state index in [0.717, 1.165) is 23.8 Å². The summed E-state index contributed by atoms with van der Waals surface area (Å²) in [6.45, 7) is 1.80. The van der Waals surface area contributed by atoms with E-state index in [9.17, 15) is 23.2 Å². The molecule has 0 unspecified atom stereocenters. The van der Waals surface area contributed by atoms with Gasteiger partial charge in [-0.05, 0) is 31.2 Å². The molecular formula is C16H10F3NO2. The number of fused-ring (bicyclic) bond motifs is 1. The molecule has 22 heavy (non-hydrogen) atoms. The fourth-order valence-corrected chi connectivity index (χ4v) is 2.45. The van der Waals surface area contributed by atoms with Gasteiger partial charge in [0.15, 0.2) is 0 Å². The monoisotopic (exact) mass is 305 g/mol. The molecule has 6 heteroatoms. The van der Waals surface area contributed by atoms with E-state index in [1.807, 2.05) is 0 Å². The third kappa shape index (κ3) is 2.16. The summed E-state index contributed by atoms with van der Waals surface area (Å²) in [6, 6.07) is 9.28. The Kier molecular flexibility index (Phi) is 3.05. The molecule has 3 nitrogen and oxygen atoms in total. The van der Waals surface area contributed by atoms with Crippen molar-refractivity contribution in [2.24, 2.45) is 0 Å². The zero-order valence-corrected chi connectivity index (χ0v) is 11.4. The van der Waals surface area contributed by atoms with Crippen molar-refractivity contribution >= 4 is 17.2 Å². The lowest BCUT2D eigenvalue weighted by Crippen LogP contribution is -2.16. The molecule has 1 aliphatic rings. The van der Waals surface area contributed by atoms with Gasteiger partial charge in [-0.25, -0.2) is 0 Å². The van der Waals surface area contributed by atoms with Crippen LogP contribution >= 0.6 is 0 Å². The standard InChI is InChI=1S/C16H10F3NO2/c1-9-3-2-4-10(7-9)14-15(21)12-8-11(16(17,18)19)5-6-13(12)20(14)22/h2-8H,1H3. The first-order valence-corrected chi connectivity index (χ1v) is 6.46. The predicted molar refractivity (Wildman–Crippen MR) is 74.3 cm³/mol. The van der Waals surface area contributed by atoms with Gasteiger partial charge in [-0.3, -0.25) is 4.79 Å². The number of nitrogens with zero attached hydrogens (tertiary/aromatic N) is 1. The Hall–Kier alpha value is -2.63. The average Bonchev–Trinajstić information content (AvgIpc) is 2.69. The van der Waals surface area contributed by atoms with Crippen molar-refractivity contribution in [2.45, 2.75) is 13.1 Å². The Morgan fingerprint density at radius 3 is 2.45 bits per heavy atom. The van der Waals surface area contributed by atoms with Gasteiger partial charge in [-0.2, -0.15) is 17.9 Å². The molecule has 1 aliphatic heterocycles. The smallest absolute Gasteiger partial charge is 0.416 e. The SMILES string of the molecule is Cc1cccc(C2=[N+]([O-])c3ccc(C(F)(F)F)cc3C2=O)c1. The normalized spacial score (nSPS) is 14.5. The van der Waals surface area contributed by atoms with E-state index in [2.05, 4.69) is 0 Å². The molecule has 0 fully saturated rings. The van der Waals surface area contributed by atoms with E-state index in [-0.39, 0.29) is 17.0 Å². The van der Waals surface area contributed by atoms with Crippen LogP contribution in [0.25, 0.3) is 0 Å². The van der Waals surface area contributed by atoms with Gasteiger partial charge in [0.25, 0.3) is 11.5 Å². The summed E-state index contributed by atoms with van der Waals surface area (Å²) in [4.78, 5) is 12.4. The van der Waals surface area contributed by atoms with E-state index < -0.39 is 17.5 Å². The number of hydrogen-bond acceptors (Lipinski definition) is 2. The summed E-state index contributed by atoms with van der Waals surface area (Å²) < 4.78 is 38.6. The predicted octanol–water partition coefficient (Wildman–Crippen LogP) is 3.84.